The van der Waals surface area contributed by atoms with Crippen LogP contribution >= 0.6 is 0 Å². The summed E-state index contributed by atoms with van der Waals surface area (Å²) >= 11 is 0. The number of methoxy groups -OCH3 is 1. The number of hydrogen-bond donors (Lipinski definition) is 0. The molecule has 0 spiro atoms. The fourth-order valence-electron chi connectivity index (χ4n) is 3.01. The van der Waals surface area contributed by atoms with Gasteiger partial charge in [0, 0.05) is 13.1 Å². The predicted octanol–water partition coefficient (Wildman–Crippen LogP) is 2.56. The lowest BCUT2D eigenvalue weighted by Gasteiger charge is -2.39. The highest BCUT2D eigenvalue weighted by molar-refractivity contribution is 5.97. The first-order valence-electron chi connectivity index (χ1n) is 8.75. The molecule has 0 radical (unpaired) electrons. The summed E-state index contributed by atoms with van der Waals surface area (Å²) in [7, 11) is 1.57. The van der Waals surface area contributed by atoms with Crippen LogP contribution in [0.1, 0.15) is 22.1 Å². The topological polar surface area (TPSA) is 69.5 Å². The van der Waals surface area contributed by atoms with Crippen molar-refractivity contribution in [3.8, 4) is 11.5 Å². The zero-order chi connectivity index (χ0) is 18.6. The summed E-state index contributed by atoms with van der Waals surface area (Å²) in [6, 6.07) is 17.0. The molecule has 4 rings (SSSR count). The lowest BCUT2D eigenvalue weighted by molar-refractivity contribution is 0.0495. The molecule has 0 bridgehead atoms. The van der Waals surface area contributed by atoms with Gasteiger partial charge in [-0.25, -0.2) is 4.68 Å². The van der Waals surface area contributed by atoms with Gasteiger partial charge in [0.25, 0.3) is 5.91 Å². The van der Waals surface area contributed by atoms with Crippen molar-refractivity contribution in [1.82, 2.24) is 19.9 Å². The van der Waals surface area contributed by atoms with Gasteiger partial charge < -0.3 is 14.4 Å². The number of ether oxygens (including phenoxy) is 2. The Morgan fingerprint density at radius 1 is 1.11 bits per heavy atom. The Morgan fingerprint density at radius 3 is 2.63 bits per heavy atom. The molecule has 0 unspecified atom stereocenters. The summed E-state index contributed by atoms with van der Waals surface area (Å²) in [6.45, 7) is 1.55. The number of likely N-dealkylation sites (tertiary alicyclic amines) is 1. The molecule has 138 valence electrons. The second-order valence-electron chi connectivity index (χ2n) is 6.36. The van der Waals surface area contributed by atoms with E-state index in [1.807, 2.05) is 48.7 Å². The Hall–Kier alpha value is -3.35. The van der Waals surface area contributed by atoms with Crippen molar-refractivity contribution in [2.75, 3.05) is 20.2 Å². The van der Waals surface area contributed by atoms with E-state index in [4.69, 9.17) is 9.47 Å². The number of carbonyl (C=O) groups excluding carboxylic acids is 1. The molecule has 1 saturated heterocycles. The van der Waals surface area contributed by atoms with Crippen LogP contribution in [0.4, 0.5) is 0 Å². The normalized spacial score (nSPS) is 13.9. The maximum atomic E-state index is 12.6. The summed E-state index contributed by atoms with van der Waals surface area (Å²) in [6.07, 6.45) is 1.87. The molecule has 1 aliphatic heterocycles. The summed E-state index contributed by atoms with van der Waals surface area (Å²) in [5.74, 6) is 1.35. The quantitative estimate of drug-likeness (QED) is 0.672. The third-order valence-corrected chi connectivity index (χ3v) is 4.55. The first kappa shape index (κ1) is 17.1. The van der Waals surface area contributed by atoms with Gasteiger partial charge in [0.05, 0.1) is 24.9 Å². The first-order chi connectivity index (χ1) is 13.2. The van der Waals surface area contributed by atoms with E-state index in [9.17, 15) is 4.79 Å². The van der Waals surface area contributed by atoms with Crippen LogP contribution in [0.2, 0.25) is 0 Å². The smallest absolute Gasteiger partial charge is 0.257 e. The van der Waals surface area contributed by atoms with E-state index < -0.39 is 0 Å². The van der Waals surface area contributed by atoms with Crippen LogP contribution in [0.25, 0.3) is 0 Å². The van der Waals surface area contributed by atoms with Gasteiger partial charge in [-0.15, -0.1) is 5.10 Å². The average Bonchev–Trinajstić information content (AvgIpc) is 3.14. The molecule has 1 aliphatic rings. The highest BCUT2D eigenvalue weighted by Gasteiger charge is 2.34. The summed E-state index contributed by atoms with van der Waals surface area (Å²) < 4.78 is 12.8. The number of para-hydroxylation sites is 2. The fourth-order valence-corrected chi connectivity index (χ4v) is 3.01. The average molecular weight is 364 g/mol. The van der Waals surface area contributed by atoms with E-state index in [2.05, 4.69) is 10.3 Å². The molecule has 7 heteroatoms. The van der Waals surface area contributed by atoms with E-state index >= 15 is 0 Å². The Balaban J connectivity index is 1.33. The van der Waals surface area contributed by atoms with Crippen LogP contribution in [0.5, 0.6) is 11.5 Å². The molecule has 2 heterocycles. The van der Waals surface area contributed by atoms with Crippen LogP contribution in [0.3, 0.4) is 0 Å². The van der Waals surface area contributed by atoms with Crippen molar-refractivity contribution in [1.29, 1.82) is 0 Å². The number of carbonyl (C=O) groups is 1. The highest BCUT2D eigenvalue weighted by Crippen LogP contribution is 2.26. The van der Waals surface area contributed by atoms with E-state index in [1.165, 1.54) is 0 Å². The van der Waals surface area contributed by atoms with Crippen molar-refractivity contribution >= 4 is 5.91 Å². The van der Waals surface area contributed by atoms with Gasteiger partial charge in [-0.05, 0) is 24.3 Å². The molecule has 1 aromatic heterocycles. The lowest BCUT2D eigenvalue weighted by Crippen LogP contribution is -2.51. The number of rotatable bonds is 6. The second-order valence-corrected chi connectivity index (χ2v) is 6.36. The van der Waals surface area contributed by atoms with Gasteiger partial charge in [0.2, 0.25) is 0 Å². The molecular weight excluding hydrogens is 344 g/mol. The van der Waals surface area contributed by atoms with E-state index in [1.54, 1.807) is 28.8 Å². The van der Waals surface area contributed by atoms with Gasteiger partial charge in [-0.3, -0.25) is 4.79 Å². The molecule has 0 N–H and O–H groups in total. The summed E-state index contributed by atoms with van der Waals surface area (Å²) in [4.78, 5) is 14.4. The lowest BCUT2D eigenvalue weighted by atomic mass is 10.1. The molecule has 0 aliphatic carbocycles. The molecule has 0 atom stereocenters. The van der Waals surface area contributed by atoms with E-state index in [-0.39, 0.29) is 11.9 Å². The second kappa shape index (κ2) is 7.49. The van der Waals surface area contributed by atoms with E-state index in [0.29, 0.717) is 31.0 Å². The molecule has 3 aromatic rings. The minimum atomic E-state index is -0.0311. The van der Waals surface area contributed by atoms with Crippen LogP contribution in [-0.4, -0.2) is 46.0 Å². The first-order valence-corrected chi connectivity index (χ1v) is 8.75. The van der Waals surface area contributed by atoms with Crippen molar-refractivity contribution < 1.29 is 14.3 Å². The molecule has 7 nitrogen and oxygen atoms in total. The largest absolute Gasteiger partial charge is 0.496 e. The Labute approximate surface area is 157 Å². The van der Waals surface area contributed by atoms with Crippen molar-refractivity contribution in [2.24, 2.45) is 0 Å². The van der Waals surface area contributed by atoms with Crippen molar-refractivity contribution in [3.63, 3.8) is 0 Å². The minimum Gasteiger partial charge on any atom is -0.496 e. The van der Waals surface area contributed by atoms with Gasteiger partial charge in [-0.1, -0.05) is 35.5 Å². The van der Waals surface area contributed by atoms with Gasteiger partial charge >= 0.3 is 0 Å². The van der Waals surface area contributed by atoms with E-state index in [0.717, 1.165) is 11.4 Å². The molecule has 1 fully saturated rings. The maximum absolute atomic E-state index is 12.6. The van der Waals surface area contributed by atoms with Gasteiger partial charge in [-0.2, -0.15) is 0 Å². The molecular formula is C20H20N4O3. The van der Waals surface area contributed by atoms with Crippen LogP contribution in [0.15, 0.2) is 60.8 Å². The molecule has 2 aromatic carbocycles. The molecule has 0 saturated carbocycles. The van der Waals surface area contributed by atoms with Crippen molar-refractivity contribution in [3.05, 3.63) is 72.1 Å². The Morgan fingerprint density at radius 2 is 1.85 bits per heavy atom. The Bertz CT molecular complexity index is 920. The van der Waals surface area contributed by atoms with Crippen LogP contribution in [-0.2, 0) is 6.61 Å². The SMILES string of the molecule is COc1ccccc1C(=O)N1CC(n2cc(COc3ccccc3)nn2)C1. The molecule has 1 amide bonds. The number of benzene rings is 2. The zero-order valence-corrected chi connectivity index (χ0v) is 15.0. The van der Waals surface area contributed by atoms with Gasteiger partial charge in [0.1, 0.15) is 23.8 Å². The van der Waals surface area contributed by atoms with Crippen LogP contribution < -0.4 is 9.47 Å². The monoisotopic (exact) mass is 364 g/mol. The molecule has 27 heavy (non-hydrogen) atoms. The zero-order valence-electron chi connectivity index (χ0n) is 15.0. The maximum Gasteiger partial charge on any atom is 0.257 e. The number of hydrogen-bond acceptors (Lipinski definition) is 5. The number of amides is 1. The predicted molar refractivity (Wildman–Crippen MR) is 98.7 cm³/mol. The van der Waals surface area contributed by atoms with Crippen LogP contribution in [0, 0.1) is 0 Å². The summed E-state index contributed by atoms with van der Waals surface area (Å²) in [5, 5.41) is 8.33. The number of nitrogens with zero attached hydrogens (tertiary/aromatic N) is 4. The Kier molecular flexibility index (Phi) is 4.74. The number of aromatic nitrogens is 3. The van der Waals surface area contributed by atoms with Crippen molar-refractivity contribution in [2.45, 2.75) is 12.6 Å². The minimum absolute atomic E-state index is 0.0311. The third kappa shape index (κ3) is 3.62. The summed E-state index contributed by atoms with van der Waals surface area (Å²) in [5.41, 5.74) is 1.34. The highest BCUT2D eigenvalue weighted by atomic mass is 16.5. The van der Waals surface area contributed by atoms with Gasteiger partial charge in [0.15, 0.2) is 0 Å². The fraction of sp³-hybridized carbons (Fsp3) is 0.250. The third-order valence-electron chi connectivity index (χ3n) is 4.55. The standard InChI is InChI=1S/C20H20N4O3/c1-26-19-10-6-5-9-18(19)20(25)23-12-16(13-23)24-11-15(21-22-24)14-27-17-7-3-2-4-8-17/h2-11,16H,12-14H2,1H3.